The molecule has 0 unspecified atom stereocenters. The first-order valence-electron chi connectivity index (χ1n) is 7.33. The first-order chi connectivity index (χ1) is 12.8. The maximum absolute atomic E-state index is 13.0. The molecule has 140 valence electrons. The Kier molecular flexibility index (Phi) is 4.59. The number of amides is 1. The molecule has 2 aromatic carbocycles. The molecule has 2 aromatic rings. The van der Waals surface area contributed by atoms with Crippen molar-refractivity contribution >= 4 is 23.6 Å². The summed E-state index contributed by atoms with van der Waals surface area (Å²) in [4.78, 5) is 32.9. The molecule has 0 spiro atoms. The van der Waals surface area contributed by atoms with Crippen molar-refractivity contribution in [2.24, 2.45) is 0 Å². The van der Waals surface area contributed by atoms with Crippen LogP contribution in [0.1, 0.15) is 10.4 Å². The van der Waals surface area contributed by atoms with Crippen molar-refractivity contribution in [3.05, 3.63) is 52.1 Å². The van der Waals surface area contributed by atoms with Gasteiger partial charge in [0.05, 0.1) is 4.92 Å². The van der Waals surface area contributed by atoms with E-state index < -0.39 is 29.4 Å². The molecule has 27 heavy (non-hydrogen) atoms. The van der Waals surface area contributed by atoms with Gasteiger partial charge in [0.15, 0.2) is 23.9 Å². The van der Waals surface area contributed by atoms with Crippen LogP contribution in [0.4, 0.5) is 20.2 Å². The minimum absolute atomic E-state index is 0.0793. The summed E-state index contributed by atoms with van der Waals surface area (Å²) in [5.41, 5.74) is -0.261. The van der Waals surface area contributed by atoms with E-state index in [9.17, 15) is 28.5 Å². The molecule has 0 atom stereocenters. The van der Waals surface area contributed by atoms with Crippen molar-refractivity contribution in [3.63, 3.8) is 0 Å². The van der Waals surface area contributed by atoms with Crippen LogP contribution < -0.4 is 19.5 Å². The van der Waals surface area contributed by atoms with Crippen molar-refractivity contribution in [1.82, 2.24) is 0 Å². The molecule has 0 saturated carbocycles. The van der Waals surface area contributed by atoms with E-state index in [1.54, 1.807) is 0 Å². The Morgan fingerprint density at radius 2 is 1.96 bits per heavy atom. The zero-order chi connectivity index (χ0) is 19.6. The Labute approximate surface area is 149 Å². The Morgan fingerprint density at radius 1 is 1.22 bits per heavy atom. The Bertz CT molecular complexity index is 933. The van der Waals surface area contributed by atoms with E-state index in [2.05, 4.69) is 14.8 Å². The molecule has 11 heteroatoms. The smallest absolute Gasteiger partial charge is 0.477 e. The number of hydrogen-bond acceptors (Lipinski definition) is 7. The van der Waals surface area contributed by atoms with Gasteiger partial charge in [-0.05, 0) is 24.3 Å². The lowest BCUT2D eigenvalue weighted by Crippen LogP contribution is -2.25. The second-order valence-corrected chi connectivity index (χ2v) is 5.27. The number of carbonyl (C=O) groups is 2. The number of benzene rings is 2. The molecular formula is C16H10F2N2O7. The number of rotatable bonds is 6. The van der Waals surface area contributed by atoms with Gasteiger partial charge in [-0.25, -0.2) is 0 Å². The van der Waals surface area contributed by atoms with Crippen molar-refractivity contribution < 1.29 is 37.5 Å². The predicted octanol–water partition coefficient (Wildman–Crippen LogP) is 2.75. The predicted molar refractivity (Wildman–Crippen MR) is 85.3 cm³/mol. The molecule has 1 amide bonds. The number of carbonyl (C=O) groups excluding carboxylic acids is 2. The minimum Gasteiger partial charge on any atom is -0.477 e. The molecule has 0 bridgehead atoms. The van der Waals surface area contributed by atoms with E-state index in [1.807, 2.05) is 0 Å². The summed E-state index contributed by atoms with van der Waals surface area (Å²) in [6, 6.07) is 7.13. The van der Waals surface area contributed by atoms with Crippen molar-refractivity contribution in [3.8, 4) is 17.2 Å². The van der Waals surface area contributed by atoms with Gasteiger partial charge in [0.1, 0.15) is 6.29 Å². The molecule has 1 N–H and O–H groups in total. The van der Waals surface area contributed by atoms with Gasteiger partial charge in [-0.3, -0.25) is 19.7 Å². The Balaban J connectivity index is 1.64. The van der Waals surface area contributed by atoms with Gasteiger partial charge in [-0.15, -0.1) is 8.78 Å². The maximum atomic E-state index is 13.0. The number of halogens is 2. The number of ether oxygens (including phenoxy) is 3. The van der Waals surface area contributed by atoms with E-state index >= 15 is 0 Å². The van der Waals surface area contributed by atoms with Crippen molar-refractivity contribution in [2.75, 3.05) is 11.9 Å². The van der Waals surface area contributed by atoms with Crippen LogP contribution in [0.25, 0.3) is 0 Å². The minimum atomic E-state index is -3.78. The number of nitro groups is 1. The van der Waals surface area contributed by atoms with E-state index in [0.29, 0.717) is 6.29 Å². The number of fused-ring (bicyclic) bond motifs is 1. The highest BCUT2D eigenvalue weighted by molar-refractivity contribution is 5.92. The molecule has 0 radical (unpaired) electrons. The molecule has 9 nitrogen and oxygen atoms in total. The van der Waals surface area contributed by atoms with E-state index in [1.165, 1.54) is 24.3 Å². The number of hydrogen-bond donors (Lipinski definition) is 1. The summed E-state index contributed by atoms with van der Waals surface area (Å²) in [6.07, 6.45) is -3.34. The molecule has 0 saturated heterocycles. The van der Waals surface area contributed by atoms with E-state index in [-0.39, 0.29) is 28.5 Å². The highest BCUT2D eigenvalue weighted by atomic mass is 19.3. The van der Waals surface area contributed by atoms with Gasteiger partial charge < -0.3 is 19.5 Å². The van der Waals surface area contributed by atoms with Crippen LogP contribution >= 0.6 is 0 Å². The Morgan fingerprint density at radius 3 is 2.67 bits per heavy atom. The van der Waals surface area contributed by atoms with Gasteiger partial charge in [-0.1, -0.05) is 0 Å². The summed E-state index contributed by atoms with van der Waals surface area (Å²) in [5, 5.41) is 13.4. The quantitative estimate of drug-likeness (QED) is 0.465. The topological polar surface area (TPSA) is 117 Å². The molecule has 0 aromatic heterocycles. The molecule has 0 aliphatic carbocycles. The van der Waals surface area contributed by atoms with Crippen LogP contribution in [0.15, 0.2) is 36.4 Å². The summed E-state index contributed by atoms with van der Waals surface area (Å²) >= 11 is 0. The number of nitrogens with zero attached hydrogens (tertiary/aromatic N) is 1. The van der Waals surface area contributed by atoms with Crippen LogP contribution in [0.3, 0.4) is 0 Å². The third-order valence-corrected chi connectivity index (χ3v) is 3.36. The molecular weight excluding hydrogens is 370 g/mol. The lowest BCUT2D eigenvalue weighted by atomic mass is 10.2. The number of nitro benzene ring substituents is 1. The van der Waals surface area contributed by atoms with Gasteiger partial charge in [-0.2, -0.15) is 0 Å². The van der Waals surface area contributed by atoms with Crippen LogP contribution in [0.5, 0.6) is 17.2 Å². The largest absolute Gasteiger partial charge is 0.586 e. The van der Waals surface area contributed by atoms with Crippen LogP contribution in [-0.4, -0.2) is 30.0 Å². The van der Waals surface area contributed by atoms with E-state index in [4.69, 9.17) is 4.74 Å². The highest BCUT2D eigenvalue weighted by Crippen LogP contribution is 2.42. The molecule has 1 aliphatic heterocycles. The molecule has 1 heterocycles. The van der Waals surface area contributed by atoms with Gasteiger partial charge >= 0.3 is 12.0 Å². The average molecular weight is 380 g/mol. The summed E-state index contributed by atoms with van der Waals surface area (Å²) in [7, 11) is 0. The van der Waals surface area contributed by atoms with Crippen LogP contribution in [0.2, 0.25) is 0 Å². The van der Waals surface area contributed by atoms with E-state index in [0.717, 1.165) is 12.1 Å². The molecule has 1 aliphatic rings. The lowest BCUT2D eigenvalue weighted by molar-refractivity contribution is -0.385. The first kappa shape index (κ1) is 18.0. The number of nitrogens with one attached hydrogen (secondary N) is 1. The highest BCUT2D eigenvalue weighted by Gasteiger charge is 2.43. The summed E-state index contributed by atoms with van der Waals surface area (Å²) in [6.45, 7) is -0.591. The standard InChI is InChI=1S/C16H10F2N2O7/c17-16(18)26-13-4-2-10(6-14(13)27-16)19-15(22)8-25-12-3-1-9(7-21)5-11(12)20(23)24/h1-7H,8H2,(H,19,22). The fraction of sp³-hybridized carbons (Fsp3) is 0.125. The average Bonchev–Trinajstić information content (AvgIpc) is 2.92. The monoisotopic (exact) mass is 380 g/mol. The Hall–Kier alpha value is -3.76. The number of anilines is 1. The second kappa shape index (κ2) is 6.86. The summed E-state index contributed by atoms with van der Waals surface area (Å²) < 4.78 is 39.5. The van der Waals surface area contributed by atoms with Crippen LogP contribution in [0, 0.1) is 10.1 Å². The third kappa shape index (κ3) is 4.08. The van der Waals surface area contributed by atoms with Gasteiger partial charge in [0, 0.05) is 23.4 Å². The van der Waals surface area contributed by atoms with Crippen molar-refractivity contribution in [1.29, 1.82) is 0 Å². The molecule has 0 fully saturated rings. The van der Waals surface area contributed by atoms with Gasteiger partial charge in [0.25, 0.3) is 5.91 Å². The fourth-order valence-electron chi connectivity index (χ4n) is 2.24. The number of alkyl halides is 2. The zero-order valence-corrected chi connectivity index (χ0v) is 13.3. The lowest BCUT2D eigenvalue weighted by Gasteiger charge is -2.08. The second-order valence-electron chi connectivity index (χ2n) is 5.27. The van der Waals surface area contributed by atoms with Crippen LogP contribution in [-0.2, 0) is 4.79 Å². The number of aldehydes is 1. The first-order valence-corrected chi connectivity index (χ1v) is 7.33. The molecule has 3 rings (SSSR count). The van der Waals surface area contributed by atoms with Crippen molar-refractivity contribution in [2.45, 2.75) is 6.29 Å². The normalized spacial score (nSPS) is 13.7. The summed E-state index contributed by atoms with van der Waals surface area (Å²) in [5.74, 6) is -1.33. The zero-order valence-electron chi connectivity index (χ0n) is 13.3. The van der Waals surface area contributed by atoms with Gasteiger partial charge in [0.2, 0.25) is 0 Å². The maximum Gasteiger partial charge on any atom is 0.586 e. The fourth-order valence-corrected chi connectivity index (χ4v) is 2.24. The third-order valence-electron chi connectivity index (χ3n) is 3.36. The SMILES string of the molecule is O=Cc1ccc(OCC(=O)Nc2ccc3c(c2)OC(F)(F)O3)c([N+](=O)[O-])c1.